The number of amides is 3. The van der Waals surface area contributed by atoms with Crippen molar-refractivity contribution in [1.29, 1.82) is 0 Å². The van der Waals surface area contributed by atoms with E-state index in [-0.39, 0.29) is 6.54 Å². The van der Waals surface area contributed by atoms with Crippen molar-refractivity contribution in [2.75, 3.05) is 16.8 Å². The smallest absolute Gasteiger partial charge is 0.264 e. The van der Waals surface area contributed by atoms with Crippen LogP contribution in [0.25, 0.3) is 21.9 Å². The Bertz CT molecular complexity index is 1570. The fraction of sp³-hybridized carbons (Fsp3) is 0.167. The molecule has 1 unspecified atom stereocenters. The SMILES string of the molecule is CN[C@@H](C)C(=O)NC1C(=O)N2Cc3c(ccc4ccccc34)-c3ccc(c2c3)N(c2ccccc2)C1=O. The number of hydrogen-bond donors (Lipinski definition) is 2. The zero-order chi connectivity index (χ0) is 25.7. The summed E-state index contributed by atoms with van der Waals surface area (Å²) in [6.07, 6.45) is 0. The van der Waals surface area contributed by atoms with E-state index in [0.29, 0.717) is 17.1 Å². The maximum Gasteiger partial charge on any atom is 0.264 e. The number of benzene rings is 4. The van der Waals surface area contributed by atoms with Crippen LogP contribution in [0.15, 0.2) is 84.9 Å². The van der Waals surface area contributed by atoms with E-state index < -0.39 is 29.8 Å². The molecule has 0 saturated carbocycles. The van der Waals surface area contributed by atoms with Gasteiger partial charge in [-0.3, -0.25) is 19.3 Å². The molecule has 2 atom stereocenters. The molecule has 0 spiro atoms. The number of nitrogens with one attached hydrogen (secondary N) is 2. The highest BCUT2D eigenvalue weighted by atomic mass is 16.2. The van der Waals surface area contributed by atoms with Gasteiger partial charge in [0.2, 0.25) is 5.91 Å². The number of hydrogen-bond acceptors (Lipinski definition) is 4. The second-order valence-electron chi connectivity index (χ2n) is 9.40. The maximum atomic E-state index is 14.1. The minimum atomic E-state index is -1.38. The molecule has 0 aromatic heterocycles. The molecule has 4 aromatic rings. The van der Waals surface area contributed by atoms with Gasteiger partial charge >= 0.3 is 0 Å². The van der Waals surface area contributed by atoms with Gasteiger partial charge in [-0.1, -0.05) is 60.7 Å². The van der Waals surface area contributed by atoms with Crippen LogP contribution >= 0.6 is 0 Å². The fourth-order valence-corrected chi connectivity index (χ4v) is 5.19. The Morgan fingerprint density at radius 1 is 0.892 bits per heavy atom. The van der Waals surface area contributed by atoms with Gasteiger partial charge in [0, 0.05) is 5.69 Å². The third-order valence-electron chi connectivity index (χ3n) is 7.28. The van der Waals surface area contributed by atoms with Gasteiger partial charge in [-0.15, -0.1) is 0 Å². The highest BCUT2D eigenvalue weighted by molar-refractivity contribution is 6.24. The summed E-state index contributed by atoms with van der Waals surface area (Å²) in [5.74, 6) is -1.38. The molecule has 7 nitrogen and oxygen atoms in total. The number of para-hydroxylation sites is 1. The Morgan fingerprint density at radius 2 is 1.65 bits per heavy atom. The average molecular weight is 491 g/mol. The minimum absolute atomic E-state index is 0.278. The van der Waals surface area contributed by atoms with Gasteiger partial charge in [0.1, 0.15) is 0 Å². The van der Waals surface area contributed by atoms with Crippen LogP contribution in [-0.2, 0) is 20.9 Å². The van der Waals surface area contributed by atoms with Crippen molar-refractivity contribution in [2.24, 2.45) is 0 Å². The third kappa shape index (κ3) is 3.67. The first kappa shape index (κ1) is 22.9. The van der Waals surface area contributed by atoms with E-state index in [1.807, 2.05) is 60.7 Å². The summed E-state index contributed by atoms with van der Waals surface area (Å²) in [6, 6.07) is 25.4. The normalized spacial score (nSPS) is 17.2. The first-order chi connectivity index (χ1) is 18.0. The van der Waals surface area contributed by atoms with Crippen LogP contribution in [0.4, 0.5) is 17.1 Å². The number of carbonyl (C=O) groups excluding carboxylic acids is 3. The summed E-state index contributed by atoms with van der Waals surface area (Å²) in [5, 5.41) is 7.73. The van der Waals surface area contributed by atoms with Crippen molar-refractivity contribution in [3.8, 4) is 11.1 Å². The minimum Gasteiger partial charge on any atom is -0.335 e. The number of carbonyl (C=O) groups is 3. The van der Waals surface area contributed by atoms with E-state index in [9.17, 15) is 14.4 Å². The standard InChI is InChI=1S/C30H26N4O3/c1-18(31-2)28(35)32-27-29(36)33-17-24-22-11-7-6-8-19(22)12-14-23(24)20-13-15-25(26(33)16-20)34(30(27)37)21-9-4-3-5-10-21/h3-16,18,27,31H,17H2,1-2H3,(H,32,35)/t18-,27?/m0/s1. The Morgan fingerprint density at radius 3 is 2.43 bits per heavy atom. The first-order valence-corrected chi connectivity index (χ1v) is 12.3. The molecule has 6 rings (SSSR count). The van der Waals surface area contributed by atoms with Crippen LogP contribution in [-0.4, -0.2) is 36.9 Å². The number of fused-ring (bicyclic) bond motifs is 5. The van der Waals surface area contributed by atoms with Crippen molar-refractivity contribution in [3.05, 3.63) is 90.5 Å². The topological polar surface area (TPSA) is 81.8 Å². The lowest BCUT2D eigenvalue weighted by Crippen LogP contribution is -2.57. The second-order valence-corrected chi connectivity index (χ2v) is 9.40. The monoisotopic (exact) mass is 490 g/mol. The number of likely N-dealkylation sites (N-methyl/N-ethyl adjacent to an activating group) is 1. The molecule has 2 heterocycles. The molecule has 4 aromatic carbocycles. The van der Waals surface area contributed by atoms with E-state index in [2.05, 4.69) is 34.9 Å². The molecule has 0 radical (unpaired) electrons. The van der Waals surface area contributed by atoms with Crippen molar-refractivity contribution in [1.82, 2.24) is 10.6 Å². The highest BCUT2D eigenvalue weighted by Gasteiger charge is 2.43. The molecule has 37 heavy (non-hydrogen) atoms. The molecule has 0 fully saturated rings. The predicted molar refractivity (Wildman–Crippen MR) is 145 cm³/mol. The summed E-state index contributed by atoms with van der Waals surface area (Å²) >= 11 is 0. The first-order valence-electron chi connectivity index (χ1n) is 12.3. The van der Waals surface area contributed by atoms with Gasteiger partial charge in [0.05, 0.1) is 24.0 Å². The third-order valence-corrected chi connectivity index (χ3v) is 7.28. The molecule has 2 N–H and O–H groups in total. The molecule has 2 aliphatic heterocycles. The molecule has 3 amide bonds. The molecule has 0 aliphatic carbocycles. The van der Waals surface area contributed by atoms with E-state index in [1.54, 1.807) is 23.8 Å². The van der Waals surface area contributed by atoms with Gasteiger partial charge in [0.25, 0.3) is 11.8 Å². The van der Waals surface area contributed by atoms with Gasteiger partial charge in [-0.25, -0.2) is 0 Å². The largest absolute Gasteiger partial charge is 0.335 e. The molecule has 2 aliphatic rings. The molecular formula is C30H26N4O3. The van der Waals surface area contributed by atoms with Gasteiger partial charge in [-0.2, -0.15) is 0 Å². The van der Waals surface area contributed by atoms with E-state index in [0.717, 1.165) is 27.5 Å². The second kappa shape index (κ2) is 8.87. The zero-order valence-corrected chi connectivity index (χ0v) is 20.6. The summed E-state index contributed by atoms with van der Waals surface area (Å²) in [4.78, 5) is 44.3. The van der Waals surface area contributed by atoms with Crippen molar-refractivity contribution >= 4 is 45.6 Å². The van der Waals surface area contributed by atoms with Gasteiger partial charge < -0.3 is 15.5 Å². The van der Waals surface area contributed by atoms with Crippen LogP contribution in [0.2, 0.25) is 0 Å². The molecular weight excluding hydrogens is 464 g/mol. The number of anilines is 3. The Balaban J connectivity index is 1.57. The maximum absolute atomic E-state index is 14.1. The van der Waals surface area contributed by atoms with Gasteiger partial charge in [-0.05, 0) is 65.7 Å². The Kier molecular flexibility index (Phi) is 5.50. The number of rotatable bonds is 4. The lowest BCUT2D eigenvalue weighted by atomic mass is 9.94. The molecule has 2 bridgehead atoms. The predicted octanol–water partition coefficient (Wildman–Crippen LogP) is 4.12. The van der Waals surface area contributed by atoms with Crippen LogP contribution < -0.4 is 20.4 Å². The summed E-state index contributed by atoms with van der Waals surface area (Å²) in [6.45, 7) is 1.96. The highest BCUT2D eigenvalue weighted by Crippen LogP contribution is 2.45. The molecule has 7 heteroatoms. The molecule has 0 saturated heterocycles. The lowest BCUT2D eigenvalue weighted by molar-refractivity contribution is -0.134. The summed E-state index contributed by atoms with van der Waals surface area (Å²) in [7, 11) is 1.66. The zero-order valence-electron chi connectivity index (χ0n) is 20.6. The van der Waals surface area contributed by atoms with Crippen molar-refractivity contribution < 1.29 is 14.4 Å². The van der Waals surface area contributed by atoms with Crippen LogP contribution in [0.1, 0.15) is 12.5 Å². The van der Waals surface area contributed by atoms with E-state index in [1.165, 1.54) is 0 Å². The lowest BCUT2D eigenvalue weighted by Gasteiger charge is -2.26. The van der Waals surface area contributed by atoms with Crippen LogP contribution in [0, 0.1) is 0 Å². The van der Waals surface area contributed by atoms with Crippen molar-refractivity contribution in [2.45, 2.75) is 25.6 Å². The van der Waals surface area contributed by atoms with Crippen LogP contribution in [0.3, 0.4) is 0 Å². The Labute approximate surface area is 214 Å². The Hall–Kier alpha value is -4.49. The summed E-state index contributed by atoms with van der Waals surface area (Å²) in [5.41, 5.74) is 4.89. The van der Waals surface area contributed by atoms with Crippen LogP contribution in [0.5, 0.6) is 0 Å². The molecule has 184 valence electrons. The number of nitrogens with zero attached hydrogens (tertiary/aromatic N) is 2. The average Bonchev–Trinajstić information content (AvgIpc) is 3.11. The van der Waals surface area contributed by atoms with E-state index in [4.69, 9.17) is 0 Å². The van der Waals surface area contributed by atoms with Crippen molar-refractivity contribution in [3.63, 3.8) is 0 Å². The fourth-order valence-electron chi connectivity index (χ4n) is 5.19. The van der Waals surface area contributed by atoms with Gasteiger partial charge in [0.15, 0.2) is 6.04 Å². The van der Waals surface area contributed by atoms with E-state index >= 15 is 0 Å². The summed E-state index contributed by atoms with van der Waals surface area (Å²) < 4.78 is 0. The quantitative estimate of drug-likeness (QED) is 0.422.